The summed E-state index contributed by atoms with van der Waals surface area (Å²) >= 11 is 0. The van der Waals surface area contributed by atoms with Crippen LogP contribution in [0.3, 0.4) is 0 Å². The molecule has 0 unspecified atom stereocenters. The highest BCUT2D eigenvalue weighted by Gasteiger charge is 2.28. The number of methoxy groups -OCH3 is 1. The zero-order valence-corrected chi connectivity index (χ0v) is 16.9. The van der Waals surface area contributed by atoms with Crippen molar-refractivity contribution in [1.82, 2.24) is 14.5 Å². The van der Waals surface area contributed by atoms with Gasteiger partial charge < -0.3 is 19.5 Å². The van der Waals surface area contributed by atoms with Crippen LogP contribution in [0.25, 0.3) is 0 Å². The lowest BCUT2D eigenvalue weighted by atomic mass is 10.2. The number of hydrogen-bond donors (Lipinski definition) is 1. The summed E-state index contributed by atoms with van der Waals surface area (Å²) in [5.74, 6) is -0.0195. The third-order valence-corrected chi connectivity index (χ3v) is 6.74. The zero-order chi connectivity index (χ0) is 20.0. The van der Waals surface area contributed by atoms with Crippen molar-refractivity contribution in [1.29, 1.82) is 0 Å². The molecule has 1 N–H and O–H groups in total. The monoisotopic (exact) mass is 413 g/mol. The molecule has 0 aromatic heterocycles. The van der Waals surface area contributed by atoms with Gasteiger partial charge in [-0.2, -0.15) is 4.31 Å². The van der Waals surface area contributed by atoms with Gasteiger partial charge in [-0.05, 0) is 18.2 Å². The molecule has 2 saturated heterocycles. The Kier molecular flexibility index (Phi) is 7.24. The second kappa shape index (κ2) is 9.66. The fourth-order valence-corrected chi connectivity index (χ4v) is 4.64. The lowest BCUT2D eigenvalue weighted by molar-refractivity contribution is 0.0383. The first-order valence-electron chi connectivity index (χ1n) is 9.36. The summed E-state index contributed by atoms with van der Waals surface area (Å²) in [6.07, 6.45) is 0. The van der Waals surface area contributed by atoms with Crippen LogP contribution >= 0.6 is 0 Å². The van der Waals surface area contributed by atoms with Gasteiger partial charge in [0.15, 0.2) is 0 Å². The van der Waals surface area contributed by atoms with Crippen molar-refractivity contribution in [3.05, 3.63) is 23.8 Å². The number of morpholine rings is 2. The summed E-state index contributed by atoms with van der Waals surface area (Å²) in [6, 6.07) is 4.37. The maximum Gasteiger partial charge on any atom is 0.255 e. The van der Waals surface area contributed by atoms with E-state index < -0.39 is 10.0 Å². The van der Waals surface area contributed by atoms with Crippen molar-refractivity contribution in [2.24, 2.45) is 0 Å². The van der Waals surface area contributed by atoms with Crippen LogP contribution in [0.15, 0.2) is 23.1 Å². The van der Waals surface area contributed by atoms with E-state index in [4.69, 9.17) is 14.2 Å². The van der Waals surface area contributed by atoms with E-state index in [1.807, 2.05) is 0 Å². The van der Waals surface area contributed by atoms with Crippen LogP contribution < -0.4 is 10.1 Å². The van der Waals surface area contributed by atoms with Gasteiger partial charge in [0.1, 0.15) is 5.75 Å². The van der Waals surface area contributed by atoms with E-state index in [1.54, 1.807) is 0 Å². The van der Waals surface area contributed by atoms with Crippen LogP contribution in [-0.4, -0.2) is 96.3 Å². The molecule has 3 rings (SSSR count). The van der Waals surface area contributed by atoms with Crippen molar-refractivity contribution in [2.45, 2.75) is 4.90 Å². The highest BCUT2D eigenvalue weighted by atomic mass is 32.2. The van der Waals surface area contributed by atoms with Crippen LogP contribution in [0, 0.1) is 0 Å². The number of nitrogens with one attached hydrogen (secondary N) is 1. The second-order valence-electron chi connectivity index (χ2n) is 6.59. The summed E-state index contributed by atoms with van der Waals surface area (Å²) in [5.41, 5.74) is 0.207. The Morgan fingerprint density at radius 1 is 1.11 bits per heavy atom. The quantitative estimate of drug-likeness (QED) is 0.660. The summed E-state index contributed by atoms with van der Waals surface area (Å²) in [7, 11) is -2.23. The number of amides is 1. The van der Waals surface area contributed by atoms with Gasteiger partial charge in [0.2, 0.25) is 10.0 Å². The summed E-state index contributed by atoms with van der Waals surface area (Å²) in [6.45, 7) is 5.58. The molecule has 156 valence electrons. The minimum atomic E-state index is -3.69. The lowest BCUT2D eigenvalue weighted by Gasteiger charge is -2.27. The molecule has 1 aromatic rings. The van der Waals surface area contributed by atoms with Gasteiger partial charge in [0, 0.05) is 39.3 Å². The van der Waals surface area contributed by atoms with E-state index in [0.717, 1.165) is 13.1 Å². The second-order valence-corrected chi connectivity index (χ2v) is 8.53. The summed E-state index contributed by atoms with van der Waals surface area (Å²) in [5, 5.41) is 2.85. The van der Waals surface area contributed by atoms with Crippen LogP contribution in [-0.2, 0) is 19.5 Å². The van der Waals surface area contributed by atoms with Gasteiger partial charge in [-0.15, -0.1) is 0 Å². The molecule has 2 aliphatic rings. The van der Waals surface area contributed by atoms with Crippen LogP contribution in [0.4, 0.5) is 0 Å². The number of carbonyl (C=O) groups excluding carboxylic acids is 1. The third kappa shape index (κ3) is 5.00. The Morgan fingerprint density at radius 2 is 1.75 bits per heavy atom. The average Bonchev–Trinajstić information content (AvgIpc) is 2.74. The van der Waals surface area contributed by atoms with Gasteiger partial charge in [0.05, 0.1) is 44.0 Å². The van der Waals surface area contributed by atoms with Crippen LogP contribution in [0.1, 0.15) is 10.4 Å². The van der Waals surface area contributed by atoms with Gasteiger partial charge >= 0.3 is 0 Å². The number of benzene rings is 1. The largest absolute Gasteiger partial charge is 0.496 e. The molecule has 0 aliphatic carbocycles. The van der Waals surface area contributed by atoms with Gasteiger partial charge in [-0.25, -0.2) is 8.42 Å². The number of rotatable bonds is 7. The highest BCUT2D eigenvalue weighted by molar-refractivity contribution is 7.89. The molecule has 1 amide bonds. The van der Waals surface area contributed by atoms with E-state index in [9.17, 15) is 13.2 Å². The fourth-order valence-electron chi connectivity index (χ4n) is 3.21. The Labute approximate surface area is 165 Å². The predicted octanol–water partition coefficient (Wildman–Crippen LogP) is -0.222. The zero-order valence-electron chi connectivity index (χ0n) is 16.1. The van der Waals surface area contributed by atoms with Crippen molar-refractivity contribution >= 4 is 15.9 Å². The van der Waals surface area contributed by atoms with E-state index in [2.05, 4.69) is 10.2 Å². The Balaban J connectivity index is 1.70. The molecule has 2 heterocycles. The number of carbonyl (C=O) groups is 1. The SMILES string of the molecule is COc1ccc(S(=O)(=O)N2CCOCC2)cc1C(=O)NCCN1CCOCC1. The number of hydrogen-bond acceptors (Lipinski definition) is 7. The van der Waals surface area contributed by atoms with Crippen LogP contribution in [0.2, 0.25) is 0 Å². The first kappa shape index (κ1) is 21.0. The maximum absolute atomic E-state index is 12.9. The number of sulfonamides is 1. The Morgan fingerprint density at radius 3 is 2.39 bits per heavy atom. The molecule has 0 saturated carbocycles. The highest BCUT2D eigenvalue weighted by Crippen LogP contribution is 2.25. The van der Waals surface area contributed by atoms with Gasteiger partial charge in [-0.1, -0.05) is 0 Å². The first-order chi connectivity index (χ1) is 13.5. The molecule has 9 nitrogen and oxygen atoms in total. The summed E-state index contributed by atoms with van der Waals surface area (Å²) < 4.78 is 42.9. The fraction of sp³-hybridized carbons (Fsp3) is 0.611. The molecule has 0 radical (unpaired) electrons. The topological polar surface area (TPSA) is 97.4 Å². The normalized spacial score (nSPS) is 19.3. The molecule has 0 bridgehead atoms. The van der Waals surface area contributed by atoms with E-state index >= 15 is 0 Å². The molecule has 2 fully saturated rings. The van der Waals surface area contributed by atoms with Crippen molar-refractivity contribution in [2.75, 3.05) is 72.8 Å². The first-order valence-corrected chi connectivity index (χ1v) is 10.8. The molecule has 10 heteroatoms. The average molecular weight is 413 g/mol. The van der Waals surface area contributed by atoms with Crippen molar-refractivity contribution < 1.29 is 27.4 Å². The molecule has 28 heavy (non-hydrogen) atoms. The maximum atomic E-state index is 12.9. The van der Waals surface area contributed by atoms with E-state index in [0.29, 0.717) is 58.4 Å². The third-order valence-electron chi connectivity index (χ3n) is 4.84. The minimum Gasteiger partial charge on any atom is -0.496 e. The Hall–Kier alpha value is -1.72. The predicted molar refractivity (Wildman–Crippen MR) is 102 cm³/mol. The molecular weight excluding hydrogens is 386 g/mol. The standard InChI is InChI=1S/C18H27N3O6S/c1-25-17-3-2-15(28(23,24)21-8-12-27-13-9-21)14-16(17)18(22)19-4-5-20-6-10-26-11-7-20/h2-3,14H,4-13H2,1H3,(H,19,22). The molecule has 0 spiro atoms. The molecule has 1 aromatic carbocycles. The molecule has 2 aliphatic heterocycles. The lowest BCUT2D eigenvalue weighted by Crippen LogP contribution is -2.41. The molecular formula is C18H27N3O6S. The van der Waals surface area contributed by atoms with Gasteiger partial charge in [0.25, 0.3) is 5.91 Å². The minimum absolute atomic E-state index is 0.0773. The van der Waals surface area contributed by atoms with Crippen molar-refractivity contribution in [3.63, 3.8) is 0 Å². The van der Waals surface area contributed by atoms with E-state index in [-0.39, 0.29) is 16.4 Å². The number of nitrogens with zero attached hydrogens (tertiary/aromatic N) is 2. The van der Waals surface area contributed by atoms with Crippen molar-refractivity contribution in [3.8, 4) is 5.75 Å². The smallest absolute Gasteiger partial charge is 0.255 e. The van der Waals surface area contributed by atoms with Crippen LogP contribution in [0.5, 0.6) is 5.75 Å². The molecule has 0 atom stereocenters. The summed E-state index contributed by atoms with van der Waals surface area (Å²) in [4.78, 5) is 14.9. The van der Waals surface area contributed by atoms with Gasteiger partial charge in [-0.3, -0.25) is 9.69 Å². The number of ether oxygens (including phenoxy) is 3. The van der Waals surface area contributed by atoms with E-state index in [1.165, 1.54) is 29.6 Å². The Bertz CT molecular complexity index is 774.